The summed E-state index contributed by atoms with van der Waals surface area (Å²) in [5, 5.41) is 7.35. The first-order valence-electron chi connectivity index (χ1n) is 12.9. The Balaban J connectivity index is 1.44. The van der Waals surface area contributed by atoms with Gasteiger partial charge in [0, 0.05) is 22.0 Å². The number of nitrogens with zero attached hydrogens (tertiary/aromatic N) is 1. The summed E-state index contributed by atoms with van der Waals surface area (Å²) in [5.74, 6) is -0.327. The van der Waals surface area contributed by atoms with Crippen molar-refractivity contribution in [3.05, 3.63) is 73.8 Å². The lowest BCUT2D eigenvalue weighted by Gasteiger charge is -2.13. The topological polar surface area (TPSA) is 72.4 Å². The maximum absolute atomic E-state index is 13.0. The van der Waals surface area contributed by atoms with Gasteiger partial charge >= 0.3 is 5.97 Å². The van der Waals surface area contributed by atoms with Crippen LogP contribution in [0.25, 0.3) is 11.1 Å². The first kappa shape index (κ1) is 25.7. The number of carbonyl (C=O) groups is 2. The number of nitrogens with one attached hydrogen (secondary N) is 2. The molecule has 2 aromatic heterocycles. The lowest BCUT2D eigenvalue weighted by molar-refractivity contribution is -0.116. The molecule has 3 aromatic rings. The third-order valence-electron chi connectivity index (χ3n) is 6.98. The maximum Gasteiger partial charge on any atom is 0.341 e. The zero-order valence-electron chi connectivity index (χ0n) is 21.8. The summed E-state index contributed by atoms with van der Waals surface area (Å²) in [6.07, 6.45) is 7.13. The van der Waals surface area contributed by atoms with E-state index in [9.17, 15) is 9.59 Å². The molecule has 0 bridgehead atoms. The SMILES string of the molecule is CCOC(=O)c1c(-n2c(C)cc(/C=C3\S[C@H](Nc4ccc(CC)cc4)NC3=O)c2C)sc2c1CCCC2. The number of amides is 1. The van der Waals surface area contributed by atoms with E-state index in [1.165, 1.54) is 22.2 Å². The molecule has 194 valence electrons. The maximum atomic E-state index is 13.0. The van der Waals surface area contributed by atoms with Gasteiger partial charge < -0.3 is 19.9 Å². The van der Waals surface area contributed by atoms with Crippen molar-refractivity contribution in [1.29, 1.82) is 0 Å². The zero-order chi connectivity index (χ0) is 26.1. The van der Waals surface area contributed by atoms with Gasteiger partial charge in [-0.2, -0.15) is 0 Å². The van der Waals surface area contributed by atoms with Crippen LogP contribution in [0.3, 0.4) is 0 Å². The van der Waals surface area contributed by atoms with Gasteiger partial charge in [0.05, 0.1) is 17.1 Å². The first-order chi connectivity index (χ1) is 17.9. The third-order valence-corrected chi connectivity index (χ3v) is 9.29. The van der Waals surface area contributed by atoms with E-state index in [0.29, 0.717) is 17.1 Å². The summed E-state index contributed by atoms with van der Waals surface area (Å²) in [5.41, 5.74) is 6.91. The Morgan fingerprint density at radius 1 is 1.19 bits per heavy atom. The number of carbonyl (C=O) groups excluding carboxylic acids is 2. The molecule has 8 heteroatoms. The number of benzene rings is 1. The zero-order valence-corrected chi connectivity index (χ0v) is 23.4. The third kappa shape index (κ3) is 5.09. The number of esters is 1. The highest BCUT2D eigenvalue weighted by Crippen LogP contribution is 2.40. The summed E-state index contributed by atoms with van der Waals surface area (Å²) < 4.78 is 7.63. The summed E-state index contributed by atoms with van der Waals surface area (Å²) >= 11 is 3.19. The minimum absolute atomic E-state index is 0.0868. The van der Waals surface area contributed by atoms with Gasteiger partial charge in [0.15, 0.2) is 5.50 Å². The molecule has 1 amide bonds. The number of thiophene rings is 1. The van der Waals surface area contributed by atoms with Crippen molar-refractivity contribution in [3.63, 3.8) is 0 Å². The molecule has 0 radical (unpaired) electrons. The Labute approximate surface area is 226 Å². The molecule has 1 aliphatic heterocycles. The van der Waals surface area contributed by atoms with Crippen LogP contribution in [0.1, 0.15) is 70.0 Å². The predicted molar refractivity (Wildman–Crippen MR) is 153 cm³/mol. The normalized spacial score (nSPS) is 18.1. The molecule has 3 heterocycles. The Morgan fingerprint density at radius 3 is 2.68 bits per heavy atom. The molecule has 2 aliphatic rings. The summed E-state index contributed by atoms with van der Waals surface area (Å²) in [4.78, 5) is 27.8. The molecule has 1 saturated heterocycles. The number of aryl methyl sites for hydroxylation is 3. The molecular weight excluding hydrogens is 502 g/mol. The van der Waals surface area contributed by atoms with Crippen LogP contribution in [0.4, 0.5) is 5.69 Å². The second-order valence-electron chi connectivity index (χ2n) is 9.45. The molecule has 1 aromatic carbocycles. The number of thioether (sulfide) groups is 1. The van der Waals surface area contributed by atoms with Crippen LogP contribution in [0, 0.1) is 13.8 Å². The Bertz CT molecular complexity index is 1370. The van der Waals surface area contributed by atoms with E-state index in [0.717, 1.165) is 65.3 Å². The van der Waals surface area contributed by atoms with Crippen molar-refractivity contribution in [2.24, 2.45) is 0 Å². The molecule has 0 saturated carbocycles. The van der Waals surface area contributed by atoms with Gasteiger partial charge in [-0.25, -0.2) is 4.79 Å². The van der Waals surface area contributed by atoms with Crippen LogP contribution < -0.4 is 10.6 Å². The van der Waals surface area contributed by atoms with E-state index < -0.39 is 0 Å². The monoisotopic (exact) mass is 535 g/mol. The molecule has 5 rings (SSSR count). The first-order valence-corrected chi connectivity index (χ1v) is 14.6. The van der Waals surface area contributed by atoms with Crippen LogP contribution >= 0.6 is 23.1 Å². The fourth-order valence-corrected chi connectivity index (χ4v) is 7.53. The van der Waals surface area contributed by atoms with E-state index >= 15 is 0 Å². The van der Waals surface area contributed by atoms with E-state index in [4.69, 9.17) is 4.74 Å². The van der Waals surface area contributed by atoms with Crippen molar-refractivity contribution < 1.29 is 14.3 Å². The van der Waals surface area contributed by atoms with Crippen molar-refractivity contribution in [1.82, 2.24) is 9.88 Å². The number of hydrogen-bond acceptors (Lipinski definition) is 6. The van der Waals surface area contributed by atoms with Gasteiger partial charge in [0.25, 0.3) is 5.91 Å². The van der Waals surface area contributed by atoms with Gasteiger partial charge in [0.1, 0.15) is 5.00 Å². The van der Waals surface area contributed by atoms with Crippen LogP contribution in [0.5, 0.6) is 0 Å². The molecule has 0 unspecified atom stereocenters. The molecule has 6 nitrogen and oxygen atoms in total. The van der Waals surface area contributed by atoms with Crippen LogP contribution in [-0.2, 0) is 28.8 Å². The highest BCUT2D eigenvalue weighted by Gasteiger charge is 2.30. The summed E-state index contributed by atoms with van der Waals surface area (Å²) in [7, 11) is 0. The van der Waals surface area contributed by atoms with Crippen LogP contribution in [-0.4, -0.2) is 28.5 Å². The molecule has 1 fully saturated rings. The molecular formula is C29H33N3O3S2. The van der Waals surface area contributed by atoms with Gasteiger partial charge in [0.2, 0.25) is 0 Å². The van der Waals surface area contributed by atoms with Crippen LogP contribution in [0.15, 0.2) is 35.2 Å². The Kier molecular flexibility index (Phi) is 7.49. The van der Waals surface area contributed by atoms with Crippen molar-refractivity contribution >= 4 is 46.7 Å². The highest BCUT2D eigenvalue weighted by atomic mass is 32.2. The quantitative estimate of drug-likeness (QED) is 0.272. The van der Waals surface area contributed by atoms with E-state index in [-0.39, 0.29) is 17.4 Å². The molecule has 0 spiro atoms. The highest BCUT2D eigenvalue weighted by molar-refractivity contribution is 8.05. The largest absolute Gasteiger partial charge is 0.462 e. The number of anilines is 1. The lowest BCUT2D eigenvalue weighted by Crippen LogP contribution is -2.30. The average molecular weight is 536 g/mol. The predicted octanol–water partition coefficient (Wildman–Crippen LogP) is 6.37. The molecule has 2 N–H and O–H groups in total. The fraction of sp³-hybridized carbons (Fsp3) is 0.379. The van der Waals surface area contributed by atoms with Crippen molar-refractivity contribution in [2.45, 2.75) is 65.3 Å². The fourth-order valence-electron chi connectivity index (χ4n) is 5.06. The van der Waals surface area contributed by atoms with E-state index in [1.807, 2.05) is 25.1 Å². The van der Waals surface area contributed by atoms with Gasteiger partial charge in [-0.15, -0.1) is 11.3 Å². The number of rotatable bonds is 7. The smallest absolute Gasteiger partial charge is 0.341 e. The number of aromatic nitrogens is 1. The Hall–Kier alpha value is -2.97. The number of hydrogen-bond donors (Lipinski definition) is 2. The van der Waals surface area contributed by atoms with Gasteiger partial charge in [-0.1, -0.05) is 30.8 Å². The summed E-state index contributed by atoms with van der Waals surface area (Å²) in [6.45, 7) is 8.44. The van der Waals surface area contributed by atoms with Crippen molar-refractivity contribution in [2.75, 3.05) is 11.9 Å². The lowest BCUT2D eigenvalue weighted by atomic mass is 9.95. The van der Waals surface area contributed by atoms with Crippen LogP contribution in [0.2, 0.25) is 0 Å². The minimum atomic E-state index is -0.240. The number of ether oxygens (including phenoxy) is 1. The molecule has 37 heavy (non-hydrogen) atoms. The molecule has 1 atom stereocenters. The second kappa shape index (κ2) is 10.8. The van der Waals surface area contributed by atoms with Gasteiger partial charge in [-0.3, -0.25) is 4.79 Å². The average Bonchev–Trinajstić information content (AvgIpc) is 3.52. The van der Waals surface area contributed by atoms with Crippen molar-refractivity contribution in [3.8, 4) is 5.00 Å². The molecule has 1 aliphatic carbocycles. The minimum Gasteiger partial charge on any atom is -0.462 e. The second-order valence-corrected chi connectivity index (χ2v) is 11.7. The van der Waals surface area contributed by atoms with E-state index in [1.54, 1.807) is 11.3 Å². The Morgan fingerprint density at radius 2 is 1.95 bits per heavy atom. The van der Waals surface area contributed by atoms with Gasteiger partial charge in [-0.05, 0) is 93.8 Å². The number of fused-ring (bicyclic) bond motifs is 1. The van der Waals surface area contributed by atoms with E-state index in [2.05, 4.69) is 54.2 Å². The standard InChI is InChI=1S/C29H33N3O3S2/c1-5-19-11-13-21(14-12-19)30-29-31-26(33)24(37-29)16-20-15-17(3)32(18(20)4)27-25(28(34)35-6-2)22-9-7-8-10-23(22)36-27/h11-16,29-30H,5-10H2,1-4H3,(H,31,33)/b24-16-/t29-/m1/s1. The summed E-state index contributed by atoms with van der Waals surface area (Å²) in [6, 6.07) is 10.4.